The monoisotopic (exact) mass is 240 g/mol. The Morgan fingerprint density at radius 2 is 2.06 bits per heavy atom. The van der Waals surface area contributed by atoms with E-state index in [9.17, 15) is 8.42 Å². The number of sulfonamides is 1. The molecule has 1 aliphatic heterocycles. The fourth-order valence-corrected chi connectivity index (χ4v) is 2.71. The Labute approximate surface area is 96.1 Å². The summed E-state index contributed by atoms with van der Waals surface area (Å²) in [4.78, 5) is 0.305. The van der Waals surface area contributed by atoms with Crippen molar-refractivity contribution in [1.29, 1.82) is 0 Å². The van der Waals surface area contributed by atoms with Crippen LogP contribution in [-0.4, -0.2) is 22.0 Å². The molecule has 0 saturated heterocycles. The Hall–Kier alpha value is -1.07. The van der Waals surface area contributed by atoms with Crippen LogP contribution in [0.2, 0.25) is 0 Å². The largest absolute Gasteiger partial charge is 0.384 e. The molecular weight excluding hydrogens is 224 g/mol. The lowest BCUT2D eigenvalue weighted by atomic mass is 9.87. The molecule has 0 unspecified atom stereocenters. The van der Waals surface area contributed by atoms with Crippen LogP contribution in [0.3, 0.4) is 0 Å². The molecule has 0 atom stereocenters. The van der Waals surface area contributed by atoms with Gasteiger partial charge in [0.2, 0.25) is 10.0 Å². The second-order valence-corrected chi connectivity index (χ2v) is 6.54. The fourth-order valence-electron chi connectivity index (χ4n) is 1.96. The minimum absolute atomic E-state index is 0.0667. The summed E-state index contributed by atoms with van der Waals surface area (Å²) in [5, 5.41) is 3.23. The quantitative estimate of drug-likeness (QED) is 0.819. The molecule has 88 valence electrons. The van der Waals surface area contributed by atoms with Gasteiger partial charge in [-0.1, -0.05) is 19.9 Å². The summed E-state index contributed by atoms with van der Waals surface area (Å²) >= 11 is 0. The molecule has 0 fully saturated rings. The van der Waals surface area contributed by atoms with Crippen molar-refractivity contribution >= 4 is 15.7 Å². The topological polar surface area (TPSA) is 58.2 Å². The lowest BCUT2D eigenvalue weighted by molar-refractivity contribution is 0.583. The summed E-state index contributed by atoms with van der Waals surface area (Å²) in [5.41, 5.74) is 2.15. The molecule has 0 spiro atoms. The predicted octanol–water partition coefficient (Wildman–Crippen LogP) is 1.30. The summed E-state index contributed by atoms with van der Waals surface area (Å²) in [5.74, 6) is 0. The van der Waals surface area contributed by atoms with Gasteiger partial charge in [0.25, 0.3) is 0 Å². The number of fused-ring (bicyclic) bond motifs is 1. The van der Waals surface area contributed by atoms with Gasteiger partial charge >= 0.3 is 0 Å². The molecular formula is C11H16N2O2S. The van der Waals surface area contributed by atoms with E-state index in [0.29, 0.717) is 4.90 Å². The Bertz CT molecular complexity index is 521. The van der Waals surface area contributed by atoms with Crippen LogP contribution in [0.25, 0.3) is 0 Å². The Balaban J connectivity index is 2.52. The predicted molar refractivity (Wildman–Crippen MR) is 64.2 cm³/mol. The summed E-state index contributed by atoms with van der Waals surface area (Å²) in [6, 6.07) is 5.23. The van der Waals surface area contributed by atoms with Gasteiger partial charge < -0.3 is 5.32 Å². The highest BCUT2D eigenvalue weighted by Gasteiger charge is 2.30. The molecule has 0 aliphatic carbocycles. The van der Waals surface area contributed by atoms with Crippen molar-refractivity contribution in [1.82, 2.24) is 4.72 Å². The number of anilines is 1. The van der Waals surface area contributed by atoms with Crippen LogP contribution in [0.15, 0.2) is 23.1 Å². The van der Waals surface area contributed by atoms with Crippen LogP contribution < -0.4 is 10.0 Å². The minimum atomic E-state index is -3.35. The van der Waals surface area contributed by atoms with E-state index in [1.807, 2.05) is 6.07 Å². The Kier molecular flexibility index (Phi) is 2.47. The molecule has 1 heterocycles. The average Bonchev–Trinajstić information content (AvgIpc) is 2.55. The maximum Gasteiger partial charge on any atom is 0.240 e. The molecule has 1 aliphatic rings. The molecule has 0 aromatic heterocycles. The van der Waals surface area contributed by atoms with E-state index in [-0.39, 0.29) is 5.41 Å². The highest BCUT2D eigenvalue weighted by atomic mass is 32.2. The van der Waals surface area contributed by atoms with Crippen LogP contribution in [0.4, 0.5) is 5.69 Å². The number of benzene rings is 1. The van der Waals surface area contributed by atoms with E-state index in [2.05, 4.69) is 23.9 Å². The molecule has 2 rings (SSSR count). The van der Waals surface area contributed by atoms with E-state index in [0.717, 1.165) is 12.2 Å². The van der Waals surface area contributed by atoms with Crippen molar-refractivity contribution in [3.63, 3.8) is 0 Å². The minimum Gasteiger partial charge on any atom is -0.384 e. The van der Waals surface area contributed by atoms with Crippen LogP contribution in [0.1, 0.15) is 19.4 Å². The van der Waals surface area contributed by atoms with Gasteiger partial charge in [-0.2, -0.15) is 0 Å². The molecule has 0 radical (unpaired) electrons. The van der Waals surface area contributed by atoms with E-state index < -0.39 is 10.0 Å². The fraction of sp³-hybridized carbons (Fsp3) is 0.455. The smallest absolute Gasteiger partial charge is 0.240 e. The van der Waals surface area contributed by atoms with E-state index >= 15 is 0 Å². The van der Waals surface area contributed by atoms with Crippen molar-refractivity contribution in [2.24, 2.45) is 0 Å². The van der Waals surface area contributed by atoms with Crippen molar-refractivity contribution in [2.75, 3.05) is 18.9 Å². The van der Waals surface area contributed by atoms with Gasteiger partial charge in [0.15, 0.2) is 0 Å². The standard InChI is InChI=1S/C11H16N2O2S/c1-11(2)7-13-10-6-8(4-5-9(10)11)16(14,15)12-3/h4-6,12-13H,7H2,1-3H3. The van der Waals surface area contributed by atoms with Gasteiger partial charge in [-0.3, -0.25) is 0 Å². The first-order valence-electron chi connectivity index (χ1n) is 5.19. The third-order valence-corrected chi connectivity index (χ3v) is 4.43. The highest BCUT2D eigenvalue weighted by molar-refractivity contribution is 7.89. The van der Waals surface area contributed by atoms with Gasteiger partial charge in [-0.15, -0.1) is 0 Å². The first-order valence-corrected chi connectivity index (χ1v) is 6.67. The zero-order valence-electron chi connectivity index (χ0n) is 9.66. The summed E-state index contributed by atoms with van der Waals surface area (Å²) in [6.45, 7) is 5.11. The molecule has 0 amide bonds. The van der Waals surface area contributed by atoms with E-state index in [1.54, 1.807) is 12.1 Å². The van der Waals surface area contributed by atoms with Crippen LogP contribution in [0.5, 0.6) is 0 Å². The lowest BCUT2D eigenvalue weighted by Crippen LogP contribution is -2.19. The van der Waals surface area contributed by atoms with Crippen molar-refractivity contribution in [2.45, 2.75) is 24.2 Å². The number of nitrogens with one attached hydrogen (secondary N) is 2. The molecule has 0 bridgehead atoms. The molecule has 5 heteroatoms. The Morgan fingerprint density at radius 1 is 1.38 bits per heavy atom. The van der Waals surface area contributed by atoms with Crippen molar-refractivity contribution in [3.8, 4) is 0 Å². The second kappa shape index (κ2) is 3.46. The maximum absolute atomic E-state index is 11.6. The SMILES string of the molecule is CNS(=O)(=O)c1ccc2c(c1)NCC2(C)C. The molecule has 1 aromatic rings. The highest BCUT2D eigenvalue weighted by Crippen LogP contribution is 2.37. The van der Waals surface area contributed by atoms with Gasteiger partial charge in [-0.25, -0.2) is 13.1 Å². The van der Waals surface area contributed by atoms with Gasteiger partial charge in [0.1, 0.15) is 0 Å². The molecule has 16 heavy (non-hydrogen) atoms. The summed E-state index contributed by atoms with van der Waals surface area (Å²) in [7, 11) is -1.93. The van der Waals surface area contributed by atoms with Crippen LogP contribution >= 0.6 is 0 Å². The number of hydrogen-bond donors (Lipinski definition) is 2. The third kappa shape index (κ3) is 1.70. The number of hydrogen-bond acceptors (Lipinski definition) is 3. The first kappa shape index (κ1) is 11.4. The van der Waals surface area contributed by atoms with Gasteiger partial charge in [0, 0.05) is 17.6 Å². The van der Waals surface area contributed by atoms with Crippen molar-refractivity contribution in [3.05, 3.63) is 23.8 Å². The first-order chi connectivity index (χ1) is 7.37. The van der Waals surface area contributed by atoms with E-state index in [1.165, 1.54) is 12.6 Å². The molecule has 4 nitrogen and oxygen atoms in total. The molecule has 1 aromatic carbocycles. The van der Waals surface area contributed by atoms with Crippen LogP contribution in [0, 0.1) is 0 Å². The average molecular weight is 240 g/mol. The second-order valence-electron chi connectivity index (χ2n) is 4.65. The number of rotatable bonds is 2. The normalized spacial score (nSPS) is 17.9. The lowest BCUT2D eigenvalue weighted by Gasteiger charge is -2.16. The van der Waals surface area contributed by atoms with Gasteiger partial charge in [0.05, 0.1) is 4.90 Å². The van der Waals surface area contributed by atoms with E-state index in [4.69, 9.17) is 0 Å². The molecule has 2 N–H and O–H groups in total. The van der Waals surface area contributed by atoms with Gasteiger partial charge in [-0.05, 0) is 24.7 Å². The summed E-state index contributed by atoms with van der Waals surface area (Å²) in [6.07, 6.45) is 0. The van der Waals surface area contributed by atoms with Crippen LogP contribution in [-0.2, 0) is 15.4 Å². The zero-order valence-corrected chi connectivity index (χ0v) is 10.5. The zero-order chi connectivity index (χ0) is 12.0. The Morgan fingerprint density at radius 3 is 2.69 bits per heavy atom. The summed E-state index contributed by atoms with van der Waals surface area (Å²) < 4.78 is 25.6. The van der Waals surface area contributed by atoms with Crippen molar-refractivity contribution < 1.29 is 8.42 Å². The maximum atomic E-state index is 11.6. The third-order valence-electron chi connectivity index (χ3n) is 3.02. The molecule has 0 saturated carbocycles.